The molecule has 0 aliphatic heterocycles. The second kappa shape index (κ2) is 29.2. The molecule has 43 heavy (non-hydrogen) atoms. The Hall–Kier alpha value is -1.54. The molecule has 12 nitrogen and oxygen atoms in total. The van der Waals surface area contributed by atoms with Crippen LogP contribution in [0.25, 0.3) is 0 Å². The van der Waals surface area contributed by atoms with E-state index in [1.54, 1.807) is 13.8 Å². The number of carbonyl (C=O) groups excluding carboxylic acids is 2. The summed E-state index contributed by atoms with van der Waals surface area (Å²) in [5.74, 6) is -2.56. The number of carboxylic acids is 2. The molecule has 0 spiro atoms. The number of aliphatic imine (C=N–C) groups is 1. The fourth-order valence-corrected chi connectivity index (χ4v) is 3.70. The van der Waals surface area contributed by atoms with E-state index in [9.17, 15) is 34.8 Å². The van der Waals surface area contributed by atoms with Crippen LogP contribution in [0.5, 0.6) is 0 Å². The maximum Gasteiger partial charge on any atom is 2.00 e. The van der Waals surface area contributed by atoms with Gasteiger partial charge in [-0.2, -0.15) is 0 Å². The van der Waals surface area contributed by atoms with E-state index in [1.165, 1.54) is 23.6 Å². The van der Waals surface area contributed by atoms with Crippen LogP contribution in [0.3, 0.4) is 0 Å². The molecule has 0 rings (SSSR count). The third-order valence-electron chi connectivity index (χ3n) is 6.31. The van der Waals surface area contributed by atoms with E-state index in [2.05, 4.69) is 23.5 Å². The molecule has 0 aliphatic rings. The number of aliphatic hydroxyl groups is 2. The van der Waals surface area contributed by atoms with Gasteiger partial charge in [0.1, 0.15) is 6.04 Å². The van der Waals surface area contributed by atoms with Crippen molar-refractivity contribution in [3.63, 3.8) is 0 Å². The number of aliphatic hydroxyl groups excluding tert-OH is 2. The van der Waals surface area contributed by atoms with Gasteiger partial charge in [0.05, 0.1) is 31.5 Å². The zero-order chi connectivity index (χ0) is 32.5. The summed E-state index contributed by atoms with van der Waals surface area (Å²) in [7, 11) is 0. The third kappa shape index (κ3) is 27.7. The first-order valence-corrected chi connectivity index (χ1v) is 14.7. The SMILES string of the molecule is C=CCCCCCC(=O)NCN(CC(C)O)C(C)C(=O)O.C=CCCCCCC([O-])=NCN(CC(C)O)C(C)C(=O)[O-].[Ca+2]. The predicted molar refractivity (Wildman–Crippen MR) is 166 cm³/mol. The summed E-state index contributed by atoms with van der Waals surface area (Å²) in [6.07, 6.45) is 10.6. The van der Waals surface area contributed by atoms with Gasteiger partial charge in [-0.05, 0) is 78.5 Å². The molecule has 4 unspecified atom stereocenters. The molecule has 0 aromatic heterocycles. The molecule has 244 valence electrons. The molecule has 0 bridgehead atoms. The van der Waals surface area contributed by atoms with Crippen molar-refractivity contribution < 1.29 is 39.9 Å². The van der Waals surface area contributed by atoms with Crippen molar-refractivity contribution in [1.29, 1.82) is 0 Å². The van der Waals surface area contributed by atoms with Crippen molar-refractivity contribution in [2.24, 2.45) is 4.99 Å². The fourth-order valence-electron chi connectivity index (χ4n) is 3.70. The average Bonchev–Trinajstić information content (AvgIpc) is 2.92. The molecule has 0 saturated carbocycles. The van der Waals surface area contributed by atoms with Gasteiger partial charge < -0.3 is 35.6 Å². The summed E-state index contributed by atoms with van der Waals surface area (Å²) in [4.78, 5) is 40.4. The molecule has 0 heterocycles. The Bertz CT molecular complexity index is 811. The number of carboxylic acid groups (broad SMARTS) is 2. The number of aliphatic carboxylic acids is 2. The van der Waals surface area contributed by atoms with Gasteiger partial charge in [-0.3, -0.25) is 24.4 Å². The average molecular weight is 639 g/mol. The maximum absolute atomic E-state index is 11.7. The van der Waals surface area contributed by atoms with E-state index >= 15 is 0 Å². The summed E-state index contributed by atoms with van der Waals surface area (Å²) in [6.45, 7) is 13.8. The van der Waals surface area contributed by atoms with Crippen LogP contribution in [0.1, 0.15) is 91.9 Å². The molecule has 0 aliphatic carbocycles. The third-order valence-corrected chi connectivity index (χ3v) is 6.31. The van der Waals surface area contributed by atoms with Gasteiger partial charge in [0.2, 0.25) is 5.91 Å². The molecule has 0 aromatic carbocycles. The standard InChI is InChI=1S/2C15H28N2O4.Ca/c2*1-4-5-6-7-8-9-14(19)16-11-17(10-12(2)18)13(3)15(20)21;/h2*4,12-13,18H,1,5-11H2,2-3H3,(H,16,19)(H,20,21);/q;;+2/p-2. The first-order valence-electron chi connectivity index (χ1n) is 14.7. The van der Waals surface area contributed by atoms with E-state index in [0.717, 1.165) is 51.4 Å². The van der Waals surface area contributed by atoms with Crippen LogP contribution in [-0.4, -0.2) is 137 Å². The minimum Gasteiger partial charge on any atom is -0.862 e. The van der Waals surface area contributed by atoms with Crippen LogP contribution >= 0.6 is 0 Å². The Morgan fingerprint density at radius 1 is 0.814 bits per heavy atom. The summed E-state index contributed by atoms with van der Waals surface area (Å²) >= 11 is 0. The second-order valence-corrected chi connectivity index (χ2v) is 10.5. The van der Waals surface area contributed by atoms with Crippen molar-refractivity contribution in [2.45, 2.75) is 116 Å². The predicted octanol–water partition coefficient (Wildman–Crippen LogP) is 0.632. The van der Waals surface area contributed by atoms with Crippen LogP contribution in [0, 0.1) is 0 Å². The zero-order valence-corrected chi connectivity index (χ0v) is 28.9. The fraction of sp³-hybridized carbons (Fsp3) is 0.733. The molecule has 4 N–H and O–H groups in total. The summed E-state index contributed by atoms with van der Waals surface area (Å²) in [6, 6.07) is -1.66. The molecule has 1 amide bonds. The quantitative estimate of drug-likeness (QED) is 0.0292. The molecule has 0 fully saturated rings. The van der Waals surface area contributed by atoms with Gasteiger partial charge in [-0.15, -0.1) is 13.2 Å². The Balaban J connectivity index is -0.000000727. The van der Waals surface area contributed by atoms with Gasteiger partial charge in [0.15, 0.2) is 0 Å². The van der Waals surface area contributed by atoms with Crippen molar-refractivity contribution in [3.8, 4) is 0 Å². The maximum atomic E-state index is 11.7. The number of allylic oxidation sites excluding steroid dienone is 2. The van der Waals surface area contributed by atoms with Gasteiger partial charge >= 0.3 is 43.7 Å². The van der Waals surface area contributed by atoms with Gasteiger partial charge in [-0.1, -0.05) is 25.0 Å². The topological polar surface area (TPSA) is 189 Å². The number of hydrogen-bond acceptors (Lipinski definition) is 10. The molecule has 4 atom stereocenters. The van der Waals surface area contributed by atoms with Gasteiger partial charge in [0, 0.05) is 25.6 Å². The van der Waals surface area contributed by atoms with Crippen LogP contribution in [0.2, 0.25) is 0 Å². The number of rotatable bonds is 24. The number of nitrogens with one attached hydrogen (secondary N) is 1. The summed E-state index contributed by atoms with van der Waals surface area (Å²) in [5, 5.41) is 52.9. The second-order valence-electron chi connectivity index (χ2n) is 10.5. The number of carbonyl (C=O) groups is 3. The van der Waals surface area contributed by atoms with Crippen molar-refractivity contribution >= 4 is 61.5 Å². The number of nitrogens with zero attached hydrogens (tertiary/aromatic N) is 3. The Kier molecular flexibility index (Phi) is 31.1. The normalized spacial score (nSPS) is 14.0. The van der Waals surface area contributed by atoms with E-state index < -0.39 is 36.2 Å². The Labute approximate surface area is 287 Å². The van der Waals surface area contributed by atoms with Crippen LogP contribution in [0.15, 0.2) is 30.3 Å². The van der Waals surface area contributed by atoms with Gasteiger partial charge in [0.25, 0.3) is 0 Å². The number of hydrogen-bond donors (Lipinski definition) is 4. The number of unbranched alkanes of at least 4 members (excludes halogenated alkanes) is 6. The summed E-state index contributed by atoms with van der Waals surface area (Å²) in [5.41, 5.74) is 0. The van der Waals surface area contributed by atoms with E-state index in [0.29, 0.717) is 12.8 Å². The van der Waals surface area contributed by atoms with Crippen LogP contribution < -0.4 is 15.5 Å². The molecule has 13 heteroatoms. The molecule has 0 saturated heterocycles. The van der Waals surface area contributed by atoms with Crippen LogP contribution in [0.4, 0.5) is 0 Å². The minimum atomic E-state index is -1.25. The van der Waals surface area contributed by atoms with Crippen molar-refractivity contribution in [3.05, 3.63) is 25.3 Å². The van der Waals surface area contributed by atoms with Crippen molar-refractivity contribution in [1.82, 2.24) is 15.1 Å². The Morgan fingerprint density at radius 3 is 1.74 bits per heavy atom. The van der Waals surface area contributed by atoms with Crippen molar-refractivity contribution in [2.75, 3.05) is 26.4 Å². The Morgan fingerprint density at radius 2 is 1.30 bits per heavy atom. The molecular formula is C30H54CaN4O8. The van der Waals surface area contributed by atoms with E-state index in [4.69, 9.17) is 5.11 Å². The monoisotopic (exact) mass is 638 g/mol. The summed E-state index contributed by atoms with van der Waals surface area (Å²) < 4.78 is 0. The van der Waals surface area contributed by atoms with E-state index in [1.807, 2.05) is 12.2 Å². The van der Waals surface area contributed by atoms with Crippen LogP contribution in [-0.2, 0) is 14.4 Å². The van der Waals surface area contributed by atoms with Gasteiger partial charge in [-0.25, -0.2) is 0 Å². The molecule has 0 radical (unpaired) electrons. The molecule has 0 aromatic rings. The first-order chi connectivity index (χ1) is 19.8. The number of amides is 1. The van der Waals surface area contributed by atoms with E-state index in [-0.39, 0.29) is 76.0 Å². The minimum absolute atomic E-state index is 0. The molecular weight excluding hydrogens is 584 g/mol. The smallest absolute Gasteiger partial charge is 0.862 e. The zero-order valence-electron chi connectivity index (χ0n) is 26.7. The largest absolute Gasteiger partial charge is 2.00 e. The first kappa shape index (κ1) is 45.9.